The number of ether oxygens (including phenoxy) is 1. The van der Waals surface area contributed by atoms with Gasteiger partial charge in [-0.2, -0.15) is 0 Å². The highest BCUT2D eigenvalue weighted by molar-refractivity contribution is 6.31. The number of hydrogen-bond acceptors (Lipinski definition) is 1. The quantitative estimate of drug-likeness (QED) is 0.790. The van der Waals surface area contributed by atoms with Crippen LogP contribution in [0, 0.1) is 0 Å². The molecule has 96 valence electrons. The number of aromatic nitrogens is 1. The van der Waals surface area contributed by atoms with Crippen LogP contribution in [0.1, 0.15) is 26.7 Å². The van der Waals surface area contributed by atoms with E-state index in [4.69, 9.17) is 16.3 Å². The summed E-state index contributed by atoms with van der Waals surface area (Å²) in [6.07, 6.45) is 4.70. The molecular weight excluding hydrogens is 246 g/mol. The lowest BCUT2D eigenvalue weighted by atomic mass is 10.1. The number of benzene rings is 1. The van der Waals surface area contributed by atoms with Crippen LogP contribution in [-0.4, -0.2) is 16.3 Å². The molecule has 1 aliphatic rings. The molecule has 1 unspecified atom stereocenters. The Kier molecular flexibility index (Phi) is 2.87. The summed E-state index contributed by atoms with van der Waals surface area (Å²) in [5.74, 6) is 0. The predicted molar refractivity (Wildman–Crippen MR) is 75.1 cm³/mol. The van der Waals surface area contributed by atoms with Gasteiger partial charge in [-0.15, -0.1) is 0 Å². The van der Waals surface area contributed by atoms with Gasteiger partial charge < -0.3 is 9.30 Å². The highest BCUT2D eigenvalue weighted by Gasteiger charge is 2.31. The molecule has 1 saturated heterocycles. The van der Waals surface area contributed by atoms with E-state index in [1.165, 1.54) is 10.9 Å². The standard InChI is InChI=1S/C15H18ClNO/c1-15(2)7-5-13(18-15)10-17-8-6-11-3-4-12(16)9-14(11)17/h3-4,6,8-9,13H,5,7,10H2,1-2H3. The molecule has 0 spiro atoms. The number of halogens is 1. The second kappa shape index (κ2) is 4.29. The van der Waals surface area contributed by atoms with Crippen LogP contribution in [0.15, 0.2) is 30.5 Å². The third-order valence-corrected chi connectivity index (χ3v) is 3.93. The Labute approximate surface area is 112 Å². The predicted octanol–water partition coefficient (Wildman–Crippen LogP) is 4.25. The molecule has 0 amide bonds. The van der Waals surface area contributed by atoms with E-state index in [2.05, 4.69) is 36.7 Å². The Bertz CT molecular complexity index is 573. The topological polar surface area (TPSA) is 14.2 Å². The Morgan fingerprint density at radius 1 is 1.39 bits per heavy atom. The maximum atomic E-state index is 6.06. The summed E-state index contributed by atoms with van der Waals surface area (Å²) in [5, 5.41) is 2.02. The van der Waals surface area contributed by atoms with Crippen LogP contribution in [0.25, 0.3) is 10.9 Å². The molecule has 1 aromatic carbocycles. The lowest BCUT2D eigenvalue weighted by Gasteiger charge is -2.19. The third-order valence-electron chi connectivity index (χ3n) is 3.69. The molecule has 1 aromatic heterocycles. The van der Waals surface area contributed by atoms with Crippen LogP contribution in [0.2, 0.25) is 5.02 Å². The molecule has 0 aliphatic carbocycles. The molecule has 1 aliphatic heterocycles. The van der Waals surface area contributed by atoms with Crippen LogP contribution in [0.3, 0.4) is 0 Å². The zero-order valence-electron chi connectivity index (χ0n) is 10.8. The summed E-state index contributed by atoms with van der Waals surface area (Å²) in [5.41, 5.74) is 1.22. The van der Waals surface area contributed by atoms with Gasteiger partial charge in [-0.1, -0.05) is 17.7 Å². The highest BCUT2D eigenvalue weighted by Crippen LogP contribution is 2.31. The number of rotatable bonds is 2. The smallest absolute Gasteiger partial charge is 0.0762 e. The lowest BCUT2D eigenvalue weighted by Crippen LogP contribution is -2.22. The van der Waals surface area contributed by atoms with Crippen LogP contribution in [0.4, 0.5) is 0 Å². The van der Waals surface area contributed by atoms with Crippen LogP contribution >= 0.6 is 11.6 Å². The van der Waals surface area contributed by atoms with Gasteiger partial charge in [-0.3, -0.25) is 0 Å². The fourth-order valence-corrected chi connectivity index (χ4v) is 2.91. The largest absolute Gasteiger partial charge is 0.370 e. The number of nitrogens with zero attached hydrogens (tertiary/aromatic N) is 1. The van der Waals surface area contributed by atoms with Crippen molar-refractivity contribution in [1.29, 1.82) is 0 Å². The first kappa shape index (κ1) is 12.1. The molecule has 2 heterocycles. The molecule has 0 saturated carbocycles. The van der Waals surface area contributed by atoms with Crippen molar-refractivity contribution in [2.75, 3.05) is 0 Å². The summed E-state index contributed by atoms with van der Waals surface area (Å²) >= 11 is 6.06. The summed E-state index contributed by atoms with van der Waals surface area (Å²) in [6.45, 7) is 5.24. The molecular formula is C15H18ClNO. The van der Waals surface area contributed by atoms with Crippen LogP contribution in [-0.2, 0) is 11.3 Å². The van der Waals surface area contributed by atoms with Crippen molar-refractivity contribution in [2.45, 2.75) is 44.9 Å². The van der Waals surface area contributed by atoms with Gasteiger partial charge in [0.25, 0.3) is 0 Å². The van der Waals surface area contributed by atoms with Gasteiger partial charge in [0, 0.05) is 23.3 Å². The molecule has 1 atom stereocenters. The summed E-state index contributed by atoms with van der Waals surface area (Å²) in [6, 6.07) is 8.15. The Hall–Kier alpha value is -0.990. The SMILES string of the molecule is CC1(C)CCC(Cn2ccc3ccc(Cl)cc32)O1. The second-order valence-electron chi connectivity index (χ2n) is 5.71. The van der Waals surface area contributed by atoms with Crippen LogP contribution < -0.4 is 0 Å². The van der Waals surface area contributed by atoms with E-state index in [1.807, 2.05) is 12.1 Å². The van der Waals surface area contributed by atoms with Gasteiger partial charge in [-0.25, -0.2) is 0 Å². The second-order valence-corrected chi connectivity index (χ2v) is 6.15. The lowest BCUT2D eigenvalue weighted by molar-refractivity contribution is -0.0212. The molecule has 2 aromatic rings. The minimum absolute atomic E-state index is 0.0330. The van der Waals surface area contributed by atoms with Gasteiger partial charge in [0.1, 0.15) is 0 Å². The van der Waals surface area contributed by atoms with Gasteiger partial charge in [0.15, 0.2) is 0 Å². The highest BCUT2D eigenvalue weighted by atomic mass is 35.5. The van der Waals surface area contributed by atoms with Gasteiger partial charge in [0.2, 0.25) is 0 Å². The van der Waals surface area contributed by atoms with Gasteiger partial charge >= 0.3 is 0 Å². The zero-order chi connectivity index (χ0) is 12.8. The minimum atomic E-state index is 0.0330. The Balaban J connectivity index is 1.85. The molecule has 3 heteroatoms. The average Bonchev–Trinajstić information content (AvgIpc) is 2.84. The molecule has 18 heavy (non-hydrogen) atoms. The molecule has 3 rings (SSSR count). The Morgan fingerprint density at radius 2 is 2.22 bits per heavy atom. The first-order chi connectivity index (χ1) is 8.53. The zero-order valence-corrected chi connectivity index (χ0v) is 11.6. The maximum absolute atomic E-state index is 6.06. The fourth-order valence-electron chi connectivity index (χ4n) is 2.74. The normalized spacial score (nSPS) is 22.7. The van der Waals surface area contributed by atoms with Gasteiger partial charge in [0.05, 0.1) is 11.7 Å². The molecule has 0 bridgehead atoms. The minimum Gasteiger partial charge on any atom is -0.370 e. The first-order valence-corrected chi connectivity index (χ1v) is 6.83. The maximum Gasteiger partial charge on any atom is 0.0762 e. The average molecular weight is 264 g/mol. The van der Waals surface area contributed by atoms with Gasteiger partial charge in [-0.05, 0) is 50.3 Å². The molecule has 0 radical (unpaired) electrons. The van der Waals surface area contributed by atoms with E-state index in [9.17, 15) is 0 Å². The van der Waals surface area contributed by atoms with Crippen molar-refractivity contribution >= 4 is 22.5 Å². The summed E-state index contributed by atoms with van der Waals surface area (Å²) in [7, 11) is 0. The van der Waals surface area contributed by atoms with Crippen LogP contribution in [0.5, 0.6) is 0 Å². The van der Waals surface area contributed by atoms with E-state index >= 15 is 0 Å². The Morgan fingerprint density at radius 3 is 2.94 bits per heavy atom. The number of hydrogen-bond donors (Lipinski definition) is 0. The van der Waals surface area contributed by atoms with Crippen molar-refractivity contribution in [2.24, 2.45) is 0 Å². The van der Waals surface area contributed by atoms with Crippen molar-refractivity contribution in [3.63, 3.8) is 0 Å². The molecule has 0 N–H and O–H groups in total. The van der Waals surface area contributed by atoms with Crippen molar-refractivity contribution in [3.05, 3.63) is 35.5 Å². The van der Waals surface area contributed by atoms with E-state index in [-0.39, 0.29) is 5.60 Å². The van der Waals surface area contributed by atoms with E-state index in [0.717, 1.165) is 24.4 Å². The first-order valence-electron chi connectivity index (χ1n) is 6.46. The fraction of sp³-hybridized carbons (Fsp3) is 0.467. The summed E-state index contributed by atoms with van der Waals surface area (Å²) < 4.78 is 8.29. The van der Waals surface area contributed by atoms with E-state index in [0.29, 0.717) is 6.10 Å². The number of fused-ring (bicyclic) bond motifs is 1. The molecule has 2 nitrogen and oxygen atoms in total. The van der Waals surface area contributed by atoms with Crippen molar-refractivity contribution < 1.29 is 4.74 Å². The van der Waals surface area contributed by atoms with E-state index in [1.54, 1.807) is 0 Å². The third kappa shape index (κ3) is 2.27. The summed E-state index contributed by atoms with van der Waals surface area (Å²) in [4.78, 5) is 0. The molecule has 1 fully saturated rings. The van der Waals surface area contributed by atoms with Crippen molar-refractivity contribution in [1.82, 2.24) is 4.57 Å². The van der Waals surface area contributed by atoms with E-state index < -0.39 is 0 Å². The van der Waals surface area contributed by atoms with Crippen molar-refractivity contribution in [3.8, 4) is 0 Å². The monoisotopic (exact) mass is 263 g/mol.